The molecule has 0 unspecified atom stereocenters. The van der Waals surface area contributed by atoms with Gasteiger partial charge in [0.1, 0.15) is 0 Å². The maximum absolute atomic E-state index is 13.8. The van der Waals surface area contributed by atoms with Crippen molar-refractivity contribution in [1.29, 1.82) is 0 Å². The molecule has 0 saturated heterocycles. The van der Waals surface area contributed by atoms with E-state index in [1.165, 1.54) is 7.11 Å². The zero-order valence-electron chi connectivity index (χ0n) is 28.5. The Bertz CT molecular complexity index is 1950. The van der Waals surface area contributed by atoms with E-state index < -0.39 is 24.3 Å². The number of nitrogens with zero attached hydrogens (tertiary/aromatic N) is 2. The summed E-state index contributed by atoms with van der Waals surface area (Å²) >= 11 is 0. The van der Waals surface area contributed by atoms with E-state index in [0.29, 0.717) is 0 Å². The molecule has 0 aliphatic carbocycles. The van der Waals surface area contributed by atoms with Gasteiger partial charge in [-0.25, -0.2) is 4.79 Å². The maximum Gasteiger partial charge on any atom is 0.349 e. The second-order valence-electron chi connectivity index (χ2n) is 11.9. The first-order valence-corrected chi connectivity index (χ1v) is 17.0. The number of carbonyl (C=O) groups is 1. The summed E-state index contributed by atoms with van der Waals surface area (Å²) in [6.07, 6.45) is -1.90. The lowest BCUT2D eigenvalue weighted by molar-refractivity contribution is 0.0582. The van der Waals surface area contributed by atoms with Crippen LogP contribution in [-0.4, -0.2) is 23.0 Å². The first kappa shape index (κ1) is 33.8. The SMILES string of the molecule is COC(=O)c1c(OC(c2ccccc2)c2ccccc2)nc(OC(c2ccccc2)c2ccccc2)nc1OC(c1ccccc1)c1ccccc1. The number of aromatic nitrogens is 2. The molecule has 0 N–H and O–H groups in total. The Balaban J connectivity index is 1.42. The zero-order valence-corrected chi connectivity index (χ0v) is 28.5. The number of esters is 1. The minimum atomic E-state index is -0.723. The van der Waals surface area contributed by atoms with E-state index in [4.69, 9.17) is 28.9 Å². The minimum absolute atomic E-state index is 0.0462. The van der Waals surface area contributed by atoms with Crippen LogP contribution in [0.15, 0.2) is 182 Å². The summed E-state index contributed by atoms with van der Waals surface area (Å²) in [5.41, 5.74) is 5.11. The van der Waals surface area contributed by atoms with Gasteiger partial charge in [-0.2, -0.15) is 9.97 Å². The molecule has 0 atom stereocenters. The highest BCUT2D eigenvalue weighted by Gasteiger charge is 2.32. The van der Waals surface area contributed by atoms with Gasteiger partial charge in [0.25, 0.3) is 0 Å². The van der Waals surface area contributed by atoms with Crippen molar-refractivity contribution >= 4 is 5.97 Å². The smallest absolute Gasteiger partial charge is 0.349 e. The summed E-state index contributed by atoms with van der Waals surface area (Å²) in [4.78, 5) is 23.4. The van der Waals surface area contributed by atoms with Crippen molar-refractivity contribution in [3.8, 4) is 17.8 Å². The van der Waals surface area contributed by atoms with Crippen LogP contribution in [0.5, 0.6) is 17.8 Å². The summed E-state index contributed by atoms with van der Waals surface area (Å²) < 4.78 is 25.6. The van der Waals surface area contributed by atoms with Gasteiger partial charge in [-0.15, -0.1) is 0 Å². The summed E-state index contributed by atoms with van der Waals surface area (Å²) in [6.45, 7) is 0. The molecule has 7 nitrogen and oxygen atoms in total. The lowest BCUT2D eigenvalue weighted by Gasteiger charge is -2.25. The second kappa shape index (κ2) is 16.3. The van der Waals surface area contributed by atoms with Gasteiger partial charge in [-0.3, -0.25) is 0 Å². The van der Waals surface area contributed by atoms with Crippen molar-refractivity contribution in [1.82, 2.24) is 9.97 Å². The molecule has 52 heavy (non-hydrogen) atoms. The highest BCUT2D eigenvalue weighted by atomic mass is 16.5. The molecule has 6 aromatic carbocycles. The van der Waals surface area contributed by atoms with Crippen molar-refractivity contribution in [2.45, 2.75) is 18.3 Å². The van der Waals surface area contributed by atoms with Crippen LogP contribution >= 0.6 is 0 Å². The number of methoxy groups -OCH3 is 1. The number of hydrogen-bond acceptors (Lipinski definition) is 7. The number of ether oxygens (including phenoxy) is 4. The fourth-order valence-electron chi connectivity index (χ4n) is 5.98. The first-order chi connectivity index (χ1) is 25.7. The fraction of sp³-hybridized carbons (Fsp3) is 0.0889. The van der Waals surface area contributed by atoms with Crippen LogP contribution < -0.4 is 14.2 Å². The average molecular weight is 685 g/mol. The van der Waals surface area contributed by atoms with E-state index in [1.807, 2.05) is 182 Å². The number of hydrogen-bond donors (Lipinski definition) is 0. The molecule has 0 radical (unpaired) electrons. The molecule has 0 aliphatic rings. The number of benzene rings is 6. The van der Waals surface area contributed by atoms with Gasteiger partial charge >= 0.3 is 12.0 Å². The van der Waals surface area contributed by atoms with E-state index in [0.717, 1.165) is 33.4 Å². The fourth-order valence-corrected chi connectivity index (χ4v) is 5.98. The molecule has 0 spiro atoms. The lowest BCUT2D eigenvalue weighted by atomic mass is 10.0. The third kappa shape index (κ3) is 7.85. The van der Waals surface area contributed by atoms with Gasteiger partial charge in [-0.05, 0) is 33.4 Å². The molecule has 7 rings (SSSR count). The predicted molar refractivity (Wildman–Crippen MR) is 199 cm³/mol. The zero-order chi connectivity index (χ0) is 35.5. The second-order valence-corrected chi connectivity index (χ2v) is 11.9. The van der Waals surface area contributed by atoms with Crippen molar-refractivity contribution in [2.24, 2.45) is 0 Å². The highest BCUT2D eigenvalue weighted by molar-refractivity contribution is 5.94. The van der Waals surface area contributed by atoms with Gasteiger partial charge < -0.3 is 18.9 Å². The van der Waals surface area contributed by atoms with Crippen LogP contribution in [0.2, 0.25) is 0 Å². The topological polar surface area (TPSA) is 79.8 Å². The molecule has 1 heterocycles. The molecule has 0 aliphatic heterocycles. The largest absolute Gasteiger partial charge is 0.465 e. The number of rotatable bonds is 13. The lowest BCUT2D eigenvalue weighted by Crippen LogP contribution is -2.19. The van der Waals surface area contributed by atoms with Crippen LogP contribution in [0.25, 0.3) is 0 Å². The Morgan fingerprint density at radius 2 is 0.654 bits per heavy atom. The highest BCUT2D eigenvalue weighted by Crippen LogP contribution is 2.39. The molecule has 0 fully saturated rings. The van der Waals surface area contributed by atoms with Crippen LogP contribution in [0.1, 0.15) is 62.1 Å². The third-order valence-electron chi connectivity index (χ3n) is 8.51. The summed E-state index contributed by atoms with van der Waals surface area (Å²) in [6, 6.07) is 58.6. The van der Waals surface area contributed by atoms with Crippen LogP contribution in [-0.2, 0) is 4.74 Å². The summed E-state index contributed by atoms with van der Waals surface area (Å²) in [5, 5.41) is 0. The standard InChI is InChI=1S/C45H36N2O5/c1-49-44(48)38-42(50-39(32-20-8-2-9-21-32)33-22-10-3-11-23-33)46-45(52-41(36-28-16-6-17-29-36)37-30-18-7-19-31-37)47-43(38)51-40(34-24-12-4-13-25-34)35-26-14-5-15-27-35/h2-31,39-41H,1H3. The molecule has 0 amide bonds. The van der Waals surface area contributed by atoms with Crippen LogP contribution in [0.4, 0.5) is 0 Å². The third-order valence-corrected chi connectivity index (χ3v) is 8.51. The van der Waals surface area contributed by atoms with Gasteiger partial charge in [0.2, 0.25) is 11.8 Å². The van der Waals surface area contributed by atoms with Crippen LogP contribution in [0, 0.1) is 0 Å². The normalized spacial score (nSPS) is 11.0. The Labute approximate surface area is 303 Å². The molecule has 0 saturated carbocycles. The molecule has 7 aromatic rings. The minimum Gasteiger partial charge on any atom is -0.465 e. The quantitative estimate of drug-likeness (QED) is 0.112. The molecule has 256 valence electrons. The first-order valence-electron chi connectivity index (χ1n) is 17.0. The molecule has 0 bridgehead atoms. The van der Waals surface area contributed by atoms with E-state index in [2.05, 4.69) is 0 Å². The van der Waals surface area contributed by atoms with E-state index in [-0.39, 0.29) is 23.3 Å². The average Bonchev–Trinajstić information content (AvgIpc) is 3.22. The van der Waals surface area contributed by atoms with Gasteiger partial charge in [0.15, 0.2) is 23.9 Å². The van der Waals surface area contributed by atoms with E-state index in [9.17, 15) is 4.79 Å². The van der Waals surface area contributed by atoms with E-state index >= 15 is 0 Å². The van der Waals surface area contributed by atoms with Gasteiger partial charge in [0.05, 0.1) is 7.11 Å². The molecular weight excluding hydrogens is 649 g/mol. The predicted octanol–water partition coefficient (Wildman–Crippen LogP) is 9.77. The maximum atomic E-state index is 13.8. The van der Waals surface area contributed by atoms with Gasteiger partial charge in [-0.1, -0.05) is 182 Å². The van der Waals surface area contributed by atoms with Gasteiger partial charge in [0, 0.05) is 0 Å². The molecule has 7 heteroatoms. The van der Waals surface area contributed by atoms with E-state index in [1.54, 1.807) is 0 Å². The van der Waals surface area contributed by atoms with Crippen molar-refractivity contribution in [2.75, 3.05) is 7.11 Å². The molecular formula is C45H36N2O5. The summed E-state index contributed by atoms with van der Waals surface area (Å²) in [7, 11) is 1.30. The van der Waals surface area contributed by atoms with Crippen molar-refractivity contribution < 1.29 is 23.7 Å². The Morgan fingerprint density at radius 3 is 0.904 bits per heavy atom. The molecule has 1 aromatic heterocycles. The number of carbonyl (C=O) groups excluding carboxylic acids is 1. The Hall–Kier alpha value is -6.73. The Morgan fingerprint density at radius 1 is 0.404 bits per heavy atom. The van der Waals surface area contributed by atoms with Crippen molar-refractivity contribution in [3.63, 3.8) is 0 Å². The van der Waals surface area contributed by atoms with Crippen molar-refractivity contribution in [3.05, 3.63) is 221 Å². The monoisotopic (exact) mass is 684 g/mol. The Kier molecular flexibility index (Phi) is 10.6. The summed E-state index contributed by atoms with van der Waals surface area (Å²) in [5.74, 6) is -0.826. The van der Waals surface area contributed by atoms with Crippen LogP contribution in [0.3, 0.4) is 0 Å².